The second-order valence-electron chi connectivity index (χ2n) is 5.98. The van der Waals surface area contributed by atoms with Crippen molar-refractivity contribution >= 4 is 24.6 Å². The third-order valence-corrected chi connectivity index (χ3v) is 4.57. The van der Waals surface area contributed by atoms with Gasteiger partial charge in [0.05, 0.1) is 19.0 Å². The molecule has 4 N–H and O–H groups in total. The average Bonchev–Trinajstić information content (AvgIpc) is 2.99. The van der Waals surface area contributed by atoms with Crippen LogP contribution in [0.5, 0.6) is 0 Å². The number of hydrogen-bond donors (Lipinski definition) is 3. The van der Waals surface area contributed by atoms with E-state index in [-0.39, 0.29) is 12.4 Å². The van der Waals surface area contributed by atoms with E-state index in [0.29, 0.717) is 11.2 Å². The number of aliphatic hydroxyl groups excluding tert-OH is 1. The molecule has 2 heterocycles. The molecule has 11 nitrogen and oxygen atoms in total. The Hall–Kier alpha value is -1.62. The molecule has 4 unspecified atom stereocenters. The maximum atomic E-state index is 11.3. The summed E-state index contributed by atoms with van der Waals surface area (Å²) < 4.78 is 28.6. The zero-order valence-corrected chi connectivity index (χ0v) is 15.9. The topological polar surface area (TPSA) is 155 Å². The van der Waals surface area contributed by atoms with E-state index in [9.17, 15) is 14.6 Å². The summed E-state index contributed by atoms with van der Waals surface area (Å²) in [5, 5.41) is 10.8. The summed E-state index contributed by atoms with van der Waals surface area (Å²) in [7, 11) is -0.784. The van der Waals surface area contributed by atoms with E-state index < -0.39 is 31.9 Å². The van der Waals surface area contributed by atoms with Crippen LogP contribution in [0.4, 0.5) is 5.82 Å². The van der Waals surface area contributed by atoms with E-state index >= 15 is 0 Å². The first-order chi connectivity index (χ1) is 12.2. The lowest BCUT2D eigenvalue weighted by atomic mass is 9.99. The normalized spacial score (nSPS) is 19.0. The molecule has 12 heteroatoms. The van der Waals surface area contributed by atoms with Crippen LogP contribution < -0.4 is 5.73 Å². The number of nitrogen functional groups attached to an aromatic ring is 1. The van der Waals surface area contributed by atoms with Crippen molar-refractivity contribution in [1.29, 1.82) is 0 Å². The van der Waals surface area contributed by atoms with Gasteiger partial charge in [0.1, 0.15) is 17.9 Å². The molecule has 2 aromatic rings. The predicted molar refractivity (Wildman–Crippen MR) is 93.5 cm³/mol. The summed E-state index contributed by atoms with van der Waals surface area (Å²) >= 11 is 0. The number of anilines is 1. The highest BCUT2D eigenvalue weighted by molar-refractivity contribution is 7.51. The van der Waals surface area contributed by atoms with Crippen molar-refractivity contribution in [3.63, 3.8) is 0 Å². The van der Waals surface area contributed by atoms with Crippen molar-refractivity contribution in [2.75, 3.05) is 33.2 Å². The summed E-state index contributed by atoms with van der Waals surface area (Å²) in [6, 6.07) is 0. The van der Waals surface area contributed by atoms with E-state index in [4.69, 9.17) is 19.7 Å². The molecule has 0 spiro atoms. The van der Waals surface area contributed by atoms with E-state index in [2.05, 4.69) is 15.0 Å². The average molecular weight is 389 g/mol. The Labute approximate surface area is 150 Å². The van der Waals surface area contributed by atoms with Crippen molar-refractivity contribution in [2.24, 2.45) is 5.92 Å². The van der Waals surface area contributed by atoms with Gasteiger partial charge in [-0.15, -0.1) is 0 Å². The molecule has 2 rings (SSSR count). The molecule has 0 saturated carbocycles. The van der Waals surface area contributed by atoms with Gasteiger partial charge in [-0.05, 0) is 0 Å². The summed E-state index contributed by atoms with van der Waals surface area (Å²) in [4.78, 5) is 21.4. The monoisotopic (exact) mass is 389 g/mol. The maximum absolute atomic E-state index is 11.3. The molecule has 0 aliphatic carbocycles. The molecule has 0 amide bonds. The SMILES string of the molecule is COC(C(C)COP(C)(=O)O)C(O)[C@H](OC)n1cnc2c(N)ncnc21. The van der Waals surface area contributed by atoms with Crippen molar-refractivity contribution < 1.29 is 28.6 Å². The third-order valence-electron chi connectivity index (χ3n) is 3.94. The minimum Gasteiger partial charge on any atom is -0.386 e. The van der Waals surface area contributed by atoms with Crippen molar-refractivity contribution in [2.45, 2.75) is 25.4 Å². The van der Waals surface area contributed by atoms with E-state index in [0.717, 1.165) is 6.66 Å². The van der Waals surface area contributed by atoms with Gasteiger partial charge in [-0.3, -0.25) is 9.13 Å². The second kappa shape index (κ2) is 8.38. The van der Waals surface area contributed by atoms with E-state index in [1.165, 1.54) is 31.4 Å². The van der Waals surface area contributed by atoms with Crippen LogP contribution in [-0.2, 0) is 18.6 Å². The molecule has 5 atom stereocenters. The Bertz CT molecular complexity index is 780. The first kappa shape index (κ1) is 20.7. The fourth-order valence-electron chi connectivity index (χ4n) is 2.70. The molecule has 0 aromatic carbocycles. The smallest absolute Gasteiger partial charge is 0.325 e. The zero-order valence-electron chi connectivity index (χ0n) is 15.0. The molecule has 0 radical (unpaired) electrons. The molecule has 2 aromatic heterocycles. The molecular formula is C14H24N5O6P. The minimum atomic E-state index is -3.63. The Kier molecular flexibility index (Phi) is 6.67. The van der Waals surface area contributed by atoms with Crippen LogP contribution in [0.25, 0.3) is 11.2 Å². The van der Waals surface area contributed by atoms with Crippen LogP contribution in [0.1, 0.15) is 13.2 Å². The number of nitrogens with two attached hydrogens (primary N) is 1. The molecule has 146 valence electrons. The fourth-order valence-corrected chi connectivity index (χ4v) is 3.21. The molecule has 0 bridgehead atoms. The number of nitrogens with zero attached hydrogens (tertiary/aromatic N) is 4. The summed E-state index contributed by atoms with van der Waals surface area (Å²) in [6.07, 6.45) is -0.0479. The first-order valence-electron chi connectivity index (χ1n) is 7.81. The van der Waals surface area contributed by atoms with Crippen LogP contribution in [-0.4, -0.2) is 69.2 Å². The van der Waals surface area contributed by atoms with Gasteiger partial charge < -0.3 is 29.7 Å². The van der Waals surface area contributed by atoms with Gasteiger partial charge in [-0.25, -0.2) is 15.0 Å². The highest BCUT2D eigenvalue weighted by atomic mass is 31.2. The van der Waals surface area contributed by atoms with E-state index in [1.54, 1.807) is 6.92 Å². The lowest BCUT2D eigenvalue weighted by molar-refractivity contribution is -0.135. The van der Waals surface area contributed by atoms with Gasteiger partial charge in [-0.2, -0.15) is 0 Å². The van der Waals surface area contributed by atoms with Crippen molar-refractivity contribution in [3.05, 3.63) is 12.7 Å². The Morgan fingerprint density at radius 2 is 2.00 bits per heavy atom. The van der Waals surface area contributed by atoms with E-state index in [1.807, 2.05) is 0 Å². The highest BCUT2D eigenvalue weighted by Crippen LogP contribution is 2.37. The Morgan fingerprint density at radius 3 is 2.58 bits per heavy atom. The fraction of sp³-hybridized carbons (Fsp3) is 0.643. The number of imidazole rings is 1. The highest BCUT2D eigenvalue weighted by Gasteiger charge is 2.35. The number of methoxy groups -OCH3 is 2. The number of hydrogen-bond acceptors (Lipinski definition) is 9. The van der Waals surface area contributed by atoms with Crippen LogP contribution in [0.2, 0.25) is 0 Å². The quantitative estimate of drug-likeness (QED) is 0.513. The van der Waals surface area contributed by atoms with Gasteiger partial charge in [0, 0.05) is 26.8 Å². The standard InChI is InChI=1S/C14H24N5O6P/c1-8(5-25-26(4,21)22)11(23-2)10(20)14(24-3)19-7-18-9-12(15)16-6-17-13(9)19/h6-8,10-11,14,20H,5H2,1-4H3,(H,21,22)(H2,15,16,17)/t8?,10?,11?,14-/m0/s1. The Morgan fingerprint density at radius 1 is 1.31 bits per heavy atom. The van der Waals surface area contributed by atoms with Crippen LogP contribution in [0.3, 0.4) is 0 Å². The van der Waals surface area contributed by atoms with Crippen LogP contribution in [0, 0.1) is 5.92 Å². The predicted octanol–water partition coefficient (Wildman–Crippen LogP) is 0.397. The van der Waals surface area contributed by atoms with Crippen LogP contribution >= 0.6 is 7.60 Å². The largest absolute Gasteiger partial charge is 0.386 e. The van der Waals surface area contributed by atoms with Crippen molar-refractivity contribution in [1.82, 2.24) is 19.5 Å². The molecule has 0 saturated heterocycles. The lowest BCUT2D eigenvalue weighted by Crippen LogP contribution is -2.42. The lowest BCUT2D eigenvalue weighted by Gasteiger charge is -2.32. The zero-order chi connectivity index (χ0) is 19.5. The number of rotatable bonds is 9. The first-order valence-corrected chi connectivity index (χ1v) is 9.83. The molecule has 0 aliphatic rings. The van der Waals surface area contributed by atoms with Crippen molar-refractivity contribution in [3.8, 4) is 0 Å². The Balaban J connectivity index is 2.26. The number of aromatic nitrogens is 4. The maximum Gasteiger partial charge on any atom is 0.325 e. The van der Waals surface area contributed by atoms with Crippen LogP contribution in [0.15, 0.2) is 12.7 Å². The summed E-state index contributed by atoms with van der Waals surface area (Å²) in [5.74, 6) is -0.188. The molecule has 0 fully saturated rings. The third kappa shape index (κ3) is 4.56. The minimum absolute atomic E-state index is 0.0733. The molecular weight excluding hydrogens is 365 g/mol. The van der Waals surface area contributed by atoms with Gasteiger partial charge in [0.2, 0.25) is 0 Å². The molecule has 0 aliphatic heterocycles. The van der Waals surface area contributed by atoms with Gasteiger partial charge >= 0.3 is 7.60 Å². The van der Waals surface area contributed by atoms with Gasteiger partial charge in [0.25, 0.3) is 0 Å². The summed E-state index contributed by atoms with van der Waals surface area (Å²) in [5.41, 5.74) is 6.57. The number of aliphatic hydroxyl groups is 1. The second-order valence-corrected chi connectivity index (χ2v) is 7.84. The molecule has 26 heavy (non-hydrogen) atoms. The summed E-state index contributed by atoms with van der Waals surface area (Å²) in [6.45, 7) is 2.75. The van der Waals surface area contributed by atoms with Gasteiger partial charge in [0.15, 0.2) is 17.7 Å². The number of ether oxygens (including phenoxy) is 2. The number of fused-ring (bicyclic) bond motifs is 1. The van der Waals surface area contributed by atoms with Gasteiger partial charge in [-0.1, -0.05) is 6.92 Å².